The standard InChI is InChI=1S/C19H22N2O2/c1-14(2)20-12-13-23-19-17-11-7-6-10-16(17)18(22)21(19)15-8-4-3-5-9-15/h3-11,14,19-20H,12-13H2,1-2H3. The van der Waals surface area contributed by atoms with Crippen molar-refractivity contribution < 1.29 is 9.53 Å². The summed E-state index contributed by atoms with van der Waals surface area (Å²) in [5.74, 6) is -0.00591. The maximum atomic E-state index is 12.8. The zero-order valence-corrected chi connectivity index (χ0v) is 13.5. The first-order valence-electron chi connectivity index (χ1n) is 8.01. The molecule has 1 heterocycles. The fraction of sp³-hybridized carbons (Fsp3) is 0.316. The molecule has 1 N–H and O–H groups in total. The molecule has 23 heavy (non-hydrogen) atoms. The predicted octanol–water partition coefficient (Wildman–Crippen LogP) is 3.36. The predicted molar refractivity (Wildman–Crippen MR) is 91.5 cm³/mol. The van der Waals surface area contributed by atoms with E-state index < -0.39 is 0 Å². The Labute approximate surface area is 137 Å². The van der Waals surface area contributed by atoms with E-state index in [1.54, 1.807) is 4.90 Å². The second kappa shape index (κ2) is 6.94. The summed E-state index contributed by atoms with van der Waals surface area (Å²) in [7, 11) is 0. The Hall–Kier alpha value is -2.17. The number of fused-ring (bicyclic) bond motifs is 1. The van der Waals surface area contributed by atoms with Crippen molar-refractivity contribution in [1.29, 1.82) is 0 Å². The lowest BCUT2D eigenvalue weighted by Gasteiger charge is -2.25. The molecule has 120 valence electrons. The van der Waals surface area contributed by atoms with E-state index in [4.69, 9.17) is 4.74 Å². The van der Waals surface area contributed by atoms with Gasteiger partial charge in [-0.1, -0.05) is 50.2 Å². The fourth-order valence-corrected chi connectivity index (χ4v) is 2.81. The molecule has 0 aromatic heterocycles. The maximum absolute atomic E-state index is 12.8. The van der Waals surface area contributed by atoms with E-state index in [1.165, 1.54) is 0 Å². The molecule has 0 spiro atoms. The van der Waals surface area contributed by atoms with Crippen molar-refractivity contribution in [1.82, 2.24) is 5.32 Å². The molecule has 1 aliphatic rings. The topological polar surface area (TPSA) is 41.6 Å². The number of carbonyl (C=O) groups is 1. The van der Waals surface area contributed by atoms with Crippen molar-refractivity contribution in [3.8, 4) is 0 Å². The van der Waals surface area contributed by atoms with Crippen LogP contribution in [0.25, 0.3) is 0 Å². The average Bonchev–Trinajstić information content (AvgIpc) is 2.85. The molecule has 1 unspecified atom stereocenters. The van der Waals surface area contributed by atoms with Crippen LogP contribution in [0.4, 0.5) is 5.69 Å². The lowest BCUT2D eigenvalue weighted by atomic mass is 10.1. The van der Waals surface area contributed by atoms with E-state index in [2.05, 4.69) is 19.2 Å². The second-order valence-electron chi connectivity index (χ2n) is 5.93. The zero-order chi connectivity index (χ0) is 16.2. The van der Waals surface area contributed by atoms with Gasteiger partial charge in [0.2, 0.25) is 0 Å². The first kappa shape index (κ1) is 15.7. The molecule has 0 saturated heterocycles. The Morgan fingerprint density at radius 3 is 2.52 bits per heavy atom. The quantitative estimate of drug-likeness (QED) is 0.832. The van der Waals surface area contributed by atoms with E-state index in [1.807, 2.05) is 54.6 Å². The zero-order valence-electron chi connectivity index (χ0n) is 13.5. The van der Waals surface area contributed by atoms with Gasteiger partial charge in [0.05, 0.1) is 6.61 Å². The summed E-state index contributed by atoms with van der Waals surface area (Å²) in [5.41, 5.74) is 2.51. The Balaban J connectivity index is 1.84. The number of hydrogen-bond acceptors (Lipinski definition) is 3. The van der Waals surface area contributed by atoms with Crippen LogP contribution >= 0.6 is 0 Å². The highest BCUT2D eigenvalue weighted by Crippen LogP contribution is 2.37. The molecule has 1 atom stereocenters. The highest BCUT2D eigenvalue weighted by molar-refractivity contribution is 6.10. The third kappa shape index (κ3) is 3.28. The Bertz CT molecular complexity index is 670. The third-order valence-corrected chi connectivity index (χ3v) is 3.88. The molecule has 0 fully saturated rings. The van der Waals surface area contributed by atoms with Crippen LogP contribution in [0.15, 0.2) is 54.6 Å². The normalized spacial score (nSPS) is 16.9. The highest BCUT2D eigenvalue weighted by Gasteiger charge is 2.38. The number of nitrogens with one attached hydrogen (secondary N) is 1. The van der Waals surface area contributed by atoms with Gasteiger partial charge in [0.15, 0.2) is 6.23 Å². The number of amides is 1. The van der Waals surface area contributed by atoms with Gasteiger partial charge >= 0.3 is 0 Å². The minimum Gasteiger partial charge on any atom is -0.352 e. The van der Waals surface area contributed by atoms with Gasteiger partial charge in [-0.05, 0) is 18.2 Å². The Morgan fingerprint density at radius 2 is 1.78 bits per heavy atom. The van der Waals surface area contributed by atoms with Gasteiger partial charge in [0, 0.05) is 29.4 Å². The van der Waals surface area contributed by atoms with Crippen LogP contribution in [0.1, 0.15) is 36.0 Å². The second-order valence-corrected chi connectivity index (χ2v) is 5.93. The number of nitrogens with zero attached hydrogens (tertiary/aromatic N) is 1. The summed E-state index contributed by atoms with van der Waals surface area (Å²) in [6.07, 6.45) is -0.366. The van der Waals surface area contributed by atoms with E-state index >= 15 is 0 Å². The summed E-state index contributed by atoms with van der Waals surface area (Å²) in [6, 6.07) is 17.8. The van der Waals surface area contributed by atoms with Crippen LogP contribution in [0, 0.1) is 0 Å². The summed E-state index contributed by atoms with van der Waals surface area (Å²) in [5, 5.41) is 3.33. The molecule has 2 aromatic rings. The number of hydrogen-bond donors (Lipinski definition) is 1. The van der Waals surface area contributed by atoms with E-state index in [-0.39, 0.29) is 12.1 Å². The van der Waals surface area contributed by atoms with E-state index in [0.29, 0.717) is 12.6 Å². The van der Waals surface area contributed by atoms with Gasteiger partial charge in [0.25, 0.3) is 5.91 Å². The Morgan fingerprint density at radius 1 is 1.09 bits per heavy atom. The van der Waals surface area contributed by atoms with Crippen molar-refractivity contribution in [2.24, 2.45) is 0 Å². The van der Waals surface area contributed by atoms with Gasteiger partial charge in [0.1, 0.15) is 0 Å². The van der Waals surface area contributed by atoms with Crippen LogP contribution in [-0.2, 0) is 4.74 Å². The largest absolute Gasteiger partial charge is 0.352 e. The van der Waals surface area contributed by atoms with Crippen LogP contribution < -0.4 is 10.2 Å². The van der Waals surface area contributed by atoms with E-state index in [9.17, 15) is 4.79 Å². The summed E-state index contributed by atoms with van der Waals surface area (Å²) < 4.78 is 6.06. The maximum Gasteiger partial charge on any atom is 0.261 e. The fourth-order valence-electron chi connectivity index (χ4n) is 2.81. The molecular weight excluding hydrogens is 288 g/mol. The molecule has 1 amide bonds. The van der Waals surface area contributed by atoms with Crippen LogP contribution in [0.5, 0.6) is 0 Å². The van der Waals surface area contributed by atoms with Crippen molar-refractivity contribution in [2.75, 3.05) is 18.1 Å². The molecule has 2 aromatic carbocycles. The summed E-state index contributed by atoms with van der Waals surface area (Å²) in [6.45, 7) is 5.51. The van der Waals surface area contributed by atoms with Crippen molar-refractivity contribution in [2.45, 2.75) is 26.1 Å². The summed E-state index contributed by atoms with van der Waals surface area (Å²) in [4.78, 5) is 14.5. The Kier molecular flexibility index (Phi) is 4.74. The summed E-state index contributed by atoms with van der Waals surface area (Å²) >= 11 is 0. The van der Waals surface area contributed by atoms with Crippen molar-refractivity contribution in [3.63, 3.8) is 0 Å². The number of benzene rings is 2. The van der Waals surface area contributed by atoms with Gasteiger partial charge in [-0.25, -0.2) is 0 Å². The SMILES string of the molecule is CC(C)NCCOC1c2ccccc2C(=O)N1c1ccccc1. The van der Waals surface area contributed by atoms with Crippen LogP contribution in [0.3, 0.4) is 0 Å². The molecule has 0 bridgehead atoms. The molecule has 0 saturated carbocycles. The molecule has 1 aliphatic heterocycles. The van der Waals surface area contributed by atoms with Gasteiger partial charge in [-0.3, -0.25) is 9.69 Å². The monoisotopic (exact) mass is 310 g/mol. The molecule has 0 radical (unpaired) electrons. The molecule has 3 rings (SSSR count). The average molecular weight is 310 g/mol. The number of ether oxygens (including phenoxy) is 1. The molecule has 0 aliphatic carbocycles. The molecular formula is C19H22N2O2. The first-order chi connectivity index (χ1) is 11.2. The third-order valence-electron chi connectivity index (χ3n) is 3.88. The minimum absolute atomic E-state index is 0.00591. The minimum atomic E-state index is -0.366. The lowest BCUT2D eigenvalue weighted by Crippen LogP contribution is -2.32. The van der Waals surface area contributed by atoms with Crippen LogP contribution in [0.2, 0.25) is 0 Å². The van der Waals surface area contributed by atoms with Gasteiger partial charge in [-0.15, -0.1) is 0 Å². The molecule has 4 nitrogen and oxygen atoms in total. The molecule has 4 heteroatoms. The lowest BCUT2D eigenvalue weighted by molar-refractivity contribution is 0.0530. The highest BCUT2D eigenvalue weighted by atomic mass is 16.5. The number of rotatable bonds is 6. The van der Waals surface area contributed by atoms with Crippen molar-refractivity contribution in [3.05, 3.63) is 65.7 Å². The van der Waals surface area contributed by atoms with Gasteiger partial charge in [-0.2, -0.15) is 0 Å². The smallest absolute Gasteiger partial charge is 0.261 e. The van der Waals surface area contributed by atoms with E-state index in [0.717, 1.165) is 23.4 Å². The first-order valence-corrected chi connectivity index (χ1v) is 8.01. The number of anilines is 1. The van der Waals surface area contributed by atoms with Crippen LogP contribution in [-0.4, -0.2) is 25.1 Å². The van der Waals surface area contributed by atoms with Crippen molar-refractivity contribution >= 4 is 11.6 Å². The number of carbonyl (C=O) groups excluding carboxylic acids is 1. The number of para-hydroxylation sites is 1. The van der Waals surface area contributed by atoms with Gasteiger partial charge < -0.3 is 10.1 Å².